The summed E-state index contributed by atoms with van der Waals surface area (Å²) in [7, 11) is 0. The number of nitro groups is 1. The summed E-state index contributed by atoms with van der Waals surface area (Å²) in [6.07, 6.45) is 1.21. The van der Waals surface area contributed by atoms with Gasteiger partial charge in [0.25, 0.3) is 0 Å². The molecule has 0 fully saturated rings. The van der Waals surface area contributed by atoms with E-state index in [1.807, 2.05) is 0 Å². The number of hydrogen-bond donors (Lipinski definition) is 2. The number of nitrogens with zero attached hydrogens (tertiary/aromatic N) is 2. The van der Waals surface area contributed by atoms with Crippen molar-refractivity contribution in [3.63, 3.8) is 0 Å². The molecule has 0 saturated heterocycles. The van der Waals surface area contributed by atoms with Crippen LogP contribution in [-0.2, 0) is 9.53 Å². The molecule has 9 heteroatoms. The van der Waals surface area contributed by atoms with E-state index >= 15 is 0 Å². The van der Waals surface area contributed by atoms with Crippen molar-refractivity contribution in [2.24, 2.45) is 0 Å². The van der Waals surface area contributed by atoms with Crippen LogP contribution in [0.3, 0.4) is 0 Å². The molecule has 0 saturated carbocycles. The predicted molar refractivity (Wildman–Crippen MR) is 67.5 cm³/mol. The third kappa shape index (κ3) is 5.49. The number of carboxylic acids is 1. The third-order valence-corrected chi connectivity index (χ3v) is 2.24. The lowest BCUT2D eigenvalue weighted by atomic mass is 10.4. The van der Waals surface area contributed by atoms with Crippen molar-refractivity contribution in [1.82, 2.24) is 4.98 Å². The summed E-state index contributed by atoms with van der Waals surface area (Å²) in [6, 6.07) is 1.20. The van der Waals surface area contributed by atoms with E-state index in [0.717, 1.165) is 0 Å². The number of hydrogen-bond acceptors (Lipinski definition) is 6. The fourth-order valence-electron chi connectivity index (χ4n) is 1.21. The Morgan fingerprint density at radius 3 is 2.95 bits per heavy atom. The van der Waals surface area contributed by atoms with Gasteiger partial charge in [-0.15, -0.1) is 0 Å². The number of ether oxygens (including phenoxy) is 1. The van der Waals surface area contributed by atoms with E-state index in [-0.39, 0.29) is 42.7 Å². The average Bonchev–Trinajstić information content (AvgIpc) is 2.34. The largest absolute Gasteiger partial charge is 0.481 e. The Morgan fingerprint density at radius 1 is 1.58 bits per heavy atom. The monoisotopic (exact) mass is 289 g/mol. The van der Waals surface area contributed by atoms with Crippen LogP contribution in [0.15, 0.2) is 12.3 Å². The van der Waals surface area contributed by atoms with Gasteiger partial charge in [-0.25, -0.2) is 4.98 Å². The van der Waals surface area contributed by atoms with Crippen LogP contribution >= 0.6 is 11.6 Å². The molecule has 0 aliphatic rings. The molecule has 2 N–H and O–H groups in total. The molecule has 0 atom stereocenters. The van der Waals surface area contributed by atoms with Crippen LogP contribution in [0.2, 0.25) is 5.02 Å². The van der Waals surface area contributed by atoms with Gasteiger partial charge in [0, 0.05) is 18.8 Å². The fourth-order valence-corrected chi connectivity index (χ4v) is 1.36. The van der Waals surface area contributed by atoms with E-state index in [1.165, 1.54) is 12.3 Å². The van der Waals surface area contributed by atoms with E-state index in [1.54, 1.807) is 0 Å². The smallest absolute Gasteiger partial charge is 0.312 e. The number of anilines is 1. The maximum absolute atomic E-state index is 10.8. The summed E-state index contributed by atoms with van der Waals surface area (Å²) in [5.74, 6) is -0.848. The summed E-state index contributed by atoms with van der Waals surface area (Å²) in [5.41, 5.74) is -0.224. The van der Waals surface area contributed by atoms with Crippen molar-refractivity contribution in [3.8, 4) is 0 Å². The quantitative estimate of drug-likeness (QED) is 0.424. The SMILES string of the molecule is O=C(O)CCOCCNc1ncc(Cl)cc1[N+](=O)[O-]. The molecule has 0 bridgehead atoms. The second-order valence-electron chi connectivity index (χ2n) is 3.46. The summed E-state index contributed by atoms with van der Waals surface area (Å²) >= 11 is 5.62. The van der Waals surface area contributed by atoms with Gasteiger partial charge in [-0.3, -0.25) is 14.9 Å². The lowest BCUT2D eigenvalue weighted by molar-refractivity contribution is -0.384. The molecule has 1 heterocycles. The molecule has 19 heavy (non-hydrogen) atoms. The minimum Gasteiger partial charge on any atom is -0.481 e. The first-order valence-corrected chi connectivity index (χ1v) is 5.72. The van der Waals surface area contributed by atoms with Crippen LogP contribution in [0.4, 0.5) is 11.5 Å². The summed E-state index contributed by atoms with van der Waals surface area (Å²) in [5, 5.41) is 22.0. The Kier molecular flexibility index (Phi) is 5.97. The Labute approximate surface area is 113 Å². The van der Waals surface area contributed by atoms with Crippen molar-refractivity contribution in [2.75, 3.05) is 25.1 Å². The van der Waals surface area contributed by atoms with Gasteiger partial charge in [-0.1, -0.05) is 11.6 Å². The van der Waals surface area contributed by atoms with Crippen molar-refractivity contribution in [2.45, 2.75) is 6.42 Å². The molecule has 0 radical (unpaired) electrons. The molecule has 0 amide bonds. The van der Waals surface area contributed by atoms with Gasteiger partial charge >= 0.3 is 11.7 Å². The maximum atomic E-state index is 10.8. The molecule has 1 rings (SSSR count). The number of carboxylic acid groups (broad SMARTS) is 1. The van der Waals surface area contributed by atoms with Gasteiger partial charge in [-0.05, 0) is 0 Å². The standard InChI is InChI=1S/C10H12ClN3O5/c11-7-5-8(14(17)18)10(13-6-7)12-2-4-19-3-1-9(15)16/h5-6H,1-4H2,(H,12,13)(H,15,16). The molecule has 0 aromatic carbocycles. The van der Waals surface area contributed by atoms with Crippen LogP contribution in [0.1, 0.15) is 6.42 Å². The normalized spacial score (nSPS) is 10.2. The molecule has 0 unspecified atom stereocenters. The molecular weight excluding hydrogens is 278 g/mol. The van der Waals surface area contributed by atoms with Crippen molar-refractivity contribution >= 4 is 29.1 Å². The second kappa shape index (κ2) is 7.49. The van der Waals surface area contributed by atoms with E-state index in [2.05, 4.69) is 10.3 Å². The fraction of sp³-hybridized carbons (Fsp3) is 0.400. The summed E-state index contributed by atoms with van der Waals surface area (Å²) in [6.45, 7) is 0.580. The van der Waals surface area contributed by atoms with Gasteiger partial charge in [0.1, 0.15) is 0 Å². The highest BCUT2D eigenvalue weighted by molar-refractivity contribution is 6.30. The minimum atomic E-state index is -0.942. The molecule has 8 nitrogen and oxygen atoms in total. The Bertz CT molecular complexity index is 468. The molecule has 0 aliphatic carbocycles. The Balaban J connectivity index is 2.41. The number of pyridine rings is 1. The zero-order chi connectivity index (χ0) is 14.3. The number of carbonyl (C=O) groups is 1. The van der Waals surface area contributed by atoms with Gasteiger partial charge in [0.15, 0.2) is 0 Å². The topological polar surface area (TPSA) is 115 Å². The first-order valence-electron chi connectivity index (χ1n) is 5.34. The van der Waals surface area contributed by atoms with Crippen molar-refractivity contribution in [1.29, 1.82) is 0 Å². The summed E-state index contributed by atoms with van der Waals surface area (Å²) < 4.78 is 5.02. The molecule has 1 aromatic heterocycles. The predicted octanol–water partition coefficient (Wildman–Crippen LogP) is 1.55. The summed E-state index contributed by atoms with van der Waals surface area (Å²) in [4.78, 5) is 24.2. The zero-order valence-corrected chi connectivity index (χ0v) is 10.6. The second-order valence-corrected chi connectivity index (χ2v) is 3.90. The highest BCUT2D eigenvalue weighted by Gasteiger charge is 2.15. The molecule has 104 valence electrons. The first-order chi connectivity index (χ1) is 9.00. The first kappa shape index (κ1) is 15.1. The van der Waals surface area contributed by atoms with E-state index in [0.29, 0.717) is 0 Å². The van der Waals surface area contributed by atoms with Crippen molar-refractivity contribution < 1.29 is 19.6 Å². The van der Waals surface area contributed by atoms with Crippen LogP contribution in [-0.4, -0.2) is 40.7 Å². The van der Waals surface area contributed by atoms with Crippen LogP contribution in [0, 0.1) is 10.1 Å². The molecule has 1 aromatic rings. The van der Waals surface area contributed by atoms with Crippen LogP contribution < -0.4 is 5.32 Å². The maximum Gasteiger partial charge on any atom is 0.312 e. The number of halogens is 1. The van der Waals surface area contributed by atoms with Gasteiger partial charge in [0.2, 0.25) is 5.82 Å². The van der Waals surface area contributed by atoms with Crippen molar-refractivity contribution in [3.05, 3.63) is 27.4 Å². The Hall–Kier alpha value is -1.93. The molecule has 0 spiro atoms. The minimum absolute atomic E-state index is 0.0840. The number of aliphatic carboxylic acids is 1. The zero-order valence-electron chi connectivity index (χ0n) is 9.84. The van der Waals surface area contributed by atoms with Gasteiger partial charge in [0.05, 0.1) is 29.6 Å². The van der Waals surface area contributed by atoms with E-state index in [9.17, 15) is 14.9 Å². The van der Waals surface area contributed by atoms with E-state index in [4.69, 9.17) is 21.4 Å². The lowest BCUT2D eigenvalue weighted by Gasteiger charge is -2.06. The van der Waals surface area contributed by atoms with E-state index < -0.39 is 10.9 Å². The van der Waals surface area contributed by atoms with Gasteiger partial charge < -0.3 is 15.2 Å². The third-order valence-electron chi connectivity index (χ3n) is 2.03. The number of aromatic nitrogens is 1. The molecule has 0 aliphatic heterocycles. The van der Waals surface area contributed by atoms with Gasteiger partial charge in [-0.2, -0.15) is 0 Å². The highest BCUT2D eigenvalue weighted by atomic mass is 35.5. The number of nitrogens with one attached hydrogen (secondary N) is 1. The average molecular weight is 290 g/mol. The lowest BCUT2D eigenvalue weighted by Crippen LogP contribution is -2.13. The highest BCUT2D eigenvalue weighted by Crippen LogP contribution is 2.24. The van der Waals surface area contributed by atoms with Crippen LogP contribution in [0.5, 0.6) is 0 Å². The Morgan fingerprint density at radius 2 is 2.32 bits per heavy atom. The number of rotatable bonds is 8. The molecular formula is C10H12ClN3O5. The van der Waals surface area contributed by atoms with Crippen LogP contribution in [0.25, 0.3) is 0 Å².